The summed E-state index contributed by atoms with van der Waals surface area (Å²) in [6, 6.07) is 12.4. The van der Waals surface area contributed by atoms with Gasteiger partial charge in [0.25, 0.3) is 5.89 Å². The minimum absolute atomic E-state index is 0.0442. The van der Waals surface area contributed by atoms with Gasteiger partial charge in [-0.25, -0.2) is 9.18 Å². The lowest BCUT2D eigenvalue weighted by Gasteiger charge is -2.06. The molecule has 0 atom stereocenters. The number of carbonyl (C=O) groups excluding carboxylic acids is 1. The summed E-state index contributed by atoms with van der Waals surface area (Å²) < 4.78 is 34.6. The van der Waals surface area contributed by atoms with E-state index >= 15 is 0 Å². The number of rotatable bonds is 8. The first-order valence-corrected chi connectivity index (χ1v) is 9.57. The first kappa shape index (κ1) is 21.0. The zero-order valence-corrected chi connectivity index (χ0v) is 16.9. The van der Waals surface area contributed by atoms with E-state index in [0.717, 1.165) is 4.68 Å². The average Bonchev–Trinajstić information content (AvgIpc) is 3.40. The molecule has 164 valence electrons. The van der Waals surface area contributed by atoms with Crippen molar-refractivity contribution in [1.29, 1.82) is 0 Å². The van der Waals surface area contributed by atoms with Crippen molar-refractivity contribution in [2.75, 3.05) is 6.61 Å². The lowest BCUT2D eigenvalue weighted by Crippen LogP contribution is -2.23. The van der Waals surface area contributed by atoms with E-state index in [0.29, 0.717) is 23.5 Å². The van der Waals surface area contributed by atoms with Gasteiger partial charge in [-0.2, -0.15) is 9.67 Å². The largest absolute Gasteiger partial charge is 0.493 e. The molecule has 0 aliphatic heterocycles. The lowest BCUT2D eigenvalue weighted by atomic mass is 10.2. The van der Waals surface area contributed by atoms with Crippen LogP contribution in [0.2, 0.25) is 0 Å². The molecule has 2 aromatic carbocycles. The summed E-state index contributed by atoms with van der Waals surface area (Å²) in [6.07, 6.45) is 0. The Morgan fingerprint density at radius 3 is 2.72 bits per heavy atom. The van der Waals surface area contributed by atoms with Crippen molar-refractivity contribution in [2.24, 2.45) is 0 Å². The molecule has 11 heteroatoms. The highest BCUT2D eigenvalue weighted by molar-refractivity contribution is 5.69. The summed E-state index contributed by atoms with van der Waals surface area (Å²) in [7, 11) is 0. The number of carbonyl (C=O) groups is 1. The number of aromatic nitrogens is 4. The van der Waals surface area contributed by atoms with Gasteiger partial charge in [-0.15, -0.1) is 5.10 Å². The van der Waals surface area contributed by atoms with Crippen molar-refractivity contribution in [3.63, 3.8) is 0 Å². The van der Waals surface area contributed by atoms with E-state index < -0.39 is 24.1 Å². The van der Waals surface area contributed by atoms with E-state index in [9.17, 15) is 14.0 Å². The van der Waals surface area contributed by atoms with Gasteiger partial charge in [0, 0.05) is 5.56 Å². The van der Waals surface area contributed by atoms with Crippen LogP contribution in [0.1, 0.15) is 12.8 Å². The zero-order valence-electron chi connectivity index (χ0n) is 16.9. The summed E-state index contributed by atoms with van der Waals surface area (Å²) in [4.78, 5) is 28.3. The Balaban J connectivity index is 1.38. The van der Waals surface area contributed by atoms with Crippen LogP contribution in [0, 0.1) is 5.82 Å². The molecule has 0 N–H and O–H groups in total. The molecule has 0 saturated heterocycles. The minimum Gasteiger partial charge on any atom is -0.493 e. The second kappa shape index (κ2) is 9.25. The SMILES string of the molecule is CCOc1ccccc1-c1noc(COC(=O)Cn2nc(-c3ccc(F)cc3)oc2=O)n1. The Hall–Kier alpha value is -4.28. The maximum atomic E-state index is 13.0. The Morgan fingerprint density at radius 2 is 1.94 bits per heavy atom. The summed E-state index contributed by atoms with van der Waals surface area (Å²) in [5, 5.41) is 7.81. The summed E-state index contributed by atoms with van der Waals surface area (Å²) in [5.74, 6) is -1.14. The fourth-order valence-electron chi connectivity index (χ4n) is 2.78. The third-order valence-corrected chi connectivity index (χ3v) is 4.23. The standard InChI is InChI=1S/C21H17FN4O6/c1-2-29-16-6-4-3-5-15(16)19-23-17(32-25-19)12-30-18(27)11-26-21(28)31-20(24-26)13-7-9-14(22)10-8-13/h3-10H,2,11-12H2,1H3. The Kier molecular flexibility index (Phi) is 6.06. The molecular weight excluding hydrogens is 423 g/mol. The lowest BCUT2D eigenvalue weighted by molar-refractivity contribution is -0.146. The number of hydrogen-bond acceptors (Lipinski definition) is 9. The third kappa shape index (κ3) is 4.72. The third-order valence-electron chi connectivity index (χ3n) is 4.23. The van der Waals surface area contributed by atoms with E-state index in [1.165, 1.54) is 24.3 Å². The summed E-state index contributed by atoms with van der Waals surface area (Å²) in [5.41, 5.74) is 1.03. The van der Waals surface area contributed by atoms with E-state index in [-0.39, 0.29) is 24.2 Å². The maximum Gasteiger partial charge on any atom is 0.437 e. The van der Waals surface area contributed by atoms with Crippen molar-refractivity contribution in [2.45, 2.75) is 20.1 Å². The molecule has 0 aliphatic rings. The van der Waals surface area contributed by atoms with Crippen molar-refractivity contribution in [1.82, 2.24) is 19.9 Å². The number of para-hydroxylation sites is 1. The van der Waals surface area contributed by atoms with Crippen molar-refractivity contribution < 1.29 is 27.6 Å². The zero-order chi connectivity index (χ0) is 22.5. The number of hydrogen-bond donors (Lipinski definition) is 0. The van der Waals surface area contributed by atoms with E-state index in [1.54, 1.807) is 12.1 Å². The average molecular weight is 440 g/mol. The monoisotopic (exact) mass is 440 g/mol. The molecule has 4 aromatic rings. The number of benzene rings is 2. The van der Waals surface area contributed by atoms with Gasteiger partial charge in [0.15, 0.2) is 6.61 Å². The van der Waals surface area contributed by atoms with Crippen LogP contribution in [-0.4, -0.2) is 32.5 Å². The highest BCUT2D eigenvalue weighted by Gasteiger charge is 2.17. The summed E-state index contributed by atoms with van der Waals surface area (Å²) >= 11 is 0. The van der Waals surface area contributed by atoms with Crippen LogP contribution < -0.4 is 10.5 Å². The Bertz CT molecular complexity index is 1280. The molecule has 0 radical (unpaired) electrons. The molecule has 4 rings (SSSR count). The molecule has 0 aliphatic carbocycles. The number of ether oxygens (including phenoxy) is 2. The smallest absolute Gasteiger partial charge is 0.437 e. The molecule has 32 heavy (non-hydrogen) atoms. The van der Waals surface area contributed by atoms with Gasteiger partial charge in [-0.1, -0.05) is 17.3 Å². The Labute approximate surface area is 180 Å². The molecule has 0 unspecified atom stereocenters. The highest BCUT2D eigenvalue weighted by Crippen LogP contribution is 2.27. The number of nitrogens with zero attached hydrogens (tertiary/aromatic N) is 4. The quantitative estimate of drug-likeness (QED) is 0.381. The van der Waals surface area contributed by atoms with Crippen LogP contribution in [0.15, 0.2) is 62.3 Å². The Morgan fingerprint density at radius 1 is 1.16 bits per heavy atom. The van der Waals surface area contributed by atoms with Crippen molar-refractivity contribution in [3.8, 4) is 28.6 Å². The van der Waals surface area contributed by atoms with Gasteiger partial charge >= 0.3 is 11.7 Å². The number of halogens is 1. The van der Waals surface area contributed by atoms with Gasteiger partial charge in [0.1, 0.15) is 18.1 Å². The van der Waals surface area contributed by atoms with Crippen LogP contribution >= 0.6 is 0 Å². The van der Waals surface area contributed by atoms with Crippen LogP contribution in [0.25, 0.3) is 22.8 Å². The van der Waals surface area contributed by atoms with Crippen LogP contribution in [0.4, 0.5) is 4.39 Å². The molecule has 2 aromatic heterocycles. The molecule has 0 amide bonds. The molecule has 2 heterocycles. The molecule has 0 saturated carbocycles. The maximum absolute atomic E-state index is 13.0. The number of esters is 1. The fraction of sp³-hybridized carbons (Fsp3) is 0.190. The van der Waals surface area contributed by atoms with Crippen LogP contribution in [0.5, 0.6) is 5.75 Å². The predicted octanol–water partition coefficient (Wildman–Crippen LogP) is 2.83. The molecule has 0 spiro atoms. The fourth-order valence-corrected chi connectivity index (χ4v) is 2.78. The van der Waals surface area contributed by atoms with Gasteiger partial charge in [0.2, 0.25) is 11.7 Å². The van der Waals surface area contributed by atoms with Crippen LogP contribution in [0.3, 0.4) is 0 Å². The minimum atomic E-state index is -0.853. The van der Waals surface area contributed by atoms with Gasteiger partial charge in [-0.05, 0) is 43.3 Å². The van der Waals surface area contributed by atoms with E-state index in [1.807, 2.05) is 19.1 Å². The molecule has 0 fully saturated rings. The van der Waals surface area contributed by atoms with Crippen molar-refractivity contribution in [3.05, 3.63) is 70.8 Å². The second-order valence-corrected chi connectivity index (χ2v) is 6.44. The van der Waals surface area contributed by atoms with E-state index in [2.05, 4.69) is 15.2 Å². The molecule has 0 bridgehead atoms. The predicted molar refractivity (Wildman–Crippen MR) is 107 cm³/mol. The first-order valence-electron chi connectivity index (χ1n) is 9.57. The summed E-state index contributed by atoms with van der Waals surface area (Å²) in [6.45, 7) is 1.56. The second-order valence-electron chi connectivity index (χ2n) is 6.44. The first-order chi connectivity index (χ1) is 15.5. The molecular formula is C21H17FN4O6. The normalized spacial score (nSPS) is 10.8. The van der Waals surface area contributed by atoms with E-state index in [4.69, 9.17) is 18.4 Å². The van der Waals surface area contributed by atoms with Crippen molar-refractivity contribution >= 4 is 5.97 Å². The van der Waals surface area contributed by atoms with Gasteiger partial charge in [-0.3, -0.25) is 4.79 Å². The highest BCUT2D eigenvalue weighted by atomic mass is 19.1. The molecule has 10 nitrogen and oxygen atoms in total. The van der Waals surface area contributed by atoms with Crippen LogP contribution in [-0.2, 0) is 22.7 Å². The van der Waals surface area contributed by atoms with Gasteiger partial charge in [0.05, 0.1) is 12.2 Å². The topological polar surface area (TPSA) is 122 Å². The van der Waals surface area contributed by atoms with Gasteiger partial charge < -0.3 is 18.4 Å².